The third-order valence-corrected chi connectivity index (χ3v) is 6.40. The summed E-state index contributed by atoms with van der Waals surface area (Å²) < 4.78 is 30.8. The fourth-order valence-electron chi connectivity index (χ4n) is 3.09. The summed E-state index contributed by atoms with van der Waals surface area (Å²) >= 11 is 5.85. The van der Waals surface area contributed by atoms with E-state index >= 15 is 0 Å². The summed E-state index contributed by atoms with van der Waals surface area (Å²) in [5, 5.41) is 7.71. The Morgan fingerprint density at radius 1 is 1.26 bits per heavy atom. The number of rotatable bonds is 4. The first-order valence-electron chi connectivity index (χ1n) is 8.32. The molecule has 0 radical (unpaired) electrons. The molecule has 1 amide bonds. The molecule has 2 aromatic heterocycles. The van der Waals surface area contributed by atoms with Gasteiger partial charge in [0.1, 0.15) is 5.69 Å². The molecule has 1 unspecified atom stereocenters. The van der Waals surface area contributed by atoms with Crippen LogP contribution >= 0.6 is 11.6 Å². The van der Waals surface area contributed by atoms with Crippen LogP contribution in [0.5, 0.6) is 0 Å². The van der Waals surface area contributed by atoms with E-state index in [4.69, 9.17) is 16.0 Å². The molecule has 27 heavy (non-hydrogen) atoms. The Hall–Kier alpha value is -2.58. The Labute approximate surface area is 160 Å². The van der Waals surface area contributed by atoms with Crippen molar-refractivity contribution in [1.82, 2.24) is 9.78 Å². The van der Waals surface area contributed by atoms with Crippen molar-refractivity contribution in [1.29, 1.82) is 0 Å². The van der Waals surface area contributed by atoms with Gasteiger partial charge in [-0.05, 0) is 42.8 Å². The number of anilines is 1. The zero-order valence-corrected chi connectivity index (χ0v) is 15.7. The van der Waals surface area contributed by atoms with Gasteiger partial charge in [0.25, 0.3) is 5.91 Å². The maximum Gasteiger partial charge on any atom is 0.276 e. The average Bonchev–Trinajstić information content (AvgIpc) is 3.35. The fraction of sp³-hybridized carbons (Fsp3) is 0.222. The number of carbonyl (C=O) groups excluding carboxylic acids is 1. The Morgan fingerprint density at radius 2 is 2.04 bits per heavy atom. The molecule has 0 bridgehead atoms. The van der Waals surface area contributed by atoms with Crippen LogP contribution in [0.15, 0.2) is 53.1 Å². The van der Waals surface area contributed by atoms with Gasteiger partial charge in [-0.15, -0.1) is 0 Å². The van der Waals surface area contributed by atoms with Crippen LogP contribution in [0.4, 0.5) is 5.69 Å². The van der Waals surface area contributed by atoms with E-state index in [-0.39, 0.29) is 23.2 Å². The highest BCUT2D eigenvalue weighted by molar-refractivity contribution is 7.91. The Balaban J connectivity index is 1.66. The van der Waals surface area contributed by atoms with E-state index in [1.165, 1.54) is 6.26 Å². The van der Waals surface area contributed by atoms with Gasteiger partial charge >= 0.3 is 0 Å². The van der Waals surface area contributed by atoms with Crippen molar-refractivity contribution in [3.8, 4) is 11.5 Å². The summed E-state index contributed by atoms with van der Waals surface area (Å²) in [6.07, 6.45) is 1.97. The molecule has 1 N–H and O–H groups in total. The van der Waals surface area contributed by atoms with E-state index in [2.05, 4.69) is 10.4 Å². The summed E-state index contributed by atoms with van der Waals surface area (Å²) in [5.41, 5.74) is 1.34. The topological polar surface area (TPSA) is 94.2 Å². The molecule has 0 saturated carbocycles. The second-order valence-electron chi connectivity index (χ2n) is 6.35. The third kappa shape index (κ3) is 3.77. The number of hydrogen-bond acceptors (Lipinski definition) is 5. The molecule has 1 aliphatic rings. The molecule has 0 spiro atoms. The van der Waals surface area contributed by atoms with Gasteiger partial charge in [-0.1, -0.05) is 11.6 Å². The van der Waals surface area contributed by atoms with Crippen LogP contribution < -0.4 is 5.32 Å². The summed E-state index contributed by atoms with van der Waals surface area (Å²) in [5.74, 6) is 0.240. The zero-order chi connectivity index (χ0) is 19.0. The van der Waals surface area contributed by atoms with Gasteiger partial charge in [-0.25, -0.2) is 8.42 Å². The number of halogens is 1. The van der Waals surface area contributed by atoms with Crippen LogP contribution in [0.25, 0.3) is 11.5 Å². The number of carbonyl (C=O) groups is 1. The first-order chi connectivity index (χ1) is 12.9. The predicted molar refractivity (Wildman–Crippen MR) is 102 cm³/mol. The van der Waals surface area contributed by atoms with Crippen molar-refractivity contribution < 1.29 is 17.6 Å². The van der Waals surface area contributed by atoms with E-state index in [0.717, 1.165) is 0 Å². The highest BCUT2D eigenvalue weighted by Gasteiger charge is 2.32. The second kappa shape index (κ2) is 6.86. The maximum absolute atomic E-state index is 12.6. The minimum atomic E-state index is -3.10. The van der Waals surface area contributed by atoms with Crippen LogP contribution in [0.3, 0.4) is 0 Å². The maximum atomic E-state index is 12.6. The minimum Gasteiger partial charge on any atom is -0.463 e. The standard InChI is InChI=1S/C18H16ClN3O4S/c19-12-3-5-13(6-4-12)20-18(23)15-10-16(17-2-1-8-26-17)22(21-15)14-7-9-27(24,25)11-14/h1-6,8,10,14H,7,9,11H2,(H,20,23). The van der Waals surface area contributed by atoms with Gasteiger partial charge in [0.05, 0.1) is 23.8 Å². The molecule has 4 rings (SSSR count). The lowest BCUT2D eigenvalue weighted by atomic mass is 10.2. The lowest BCUT2D eigenvalue weighted by molar-refractivity contribution is 0.102. The van der Waals surface area contributed by atoms with Crippen LogP contribution in [0.1, 0.15) is 23.0 Å². The van der Waals surface area contributed by atoms with Crippen molar-refractivity contribution in [2.24, 2.45) is 0 Å². The molecule has 1 fully saturated rings. The summed E-state index contributed by atoms with van der Waals surface area (Å²) in [4.78, 5) is 12.6. The molecule has 1 aliphatic heterocycles. The molecule has 3 heterocycles. The Morgan fingerprint density at radius 3 is 2.67 bits per heavy atom. The summed E-state index contributed by atoms with van der Waals surface area (Å²) in [7, 11) is -3.10. The minimum absolute atomic E-state index is 0.000627. The predicted octanol–water partition coefficient (Wildman–Crippen LogP) is 3.41. The second-order valence-corrected chi connectivity index (χ2v) is 9.02. The highest BCUT2D eigenvalue weighted by atomic mass is 35.5. The van der Waals surface area contributed by atoms with Crippen LogP contribution in [-0.2, 0) is 9.84 Å². The van der Waals surface area contributed by atoms with Gasteiger partial charge in [0, 0.05) is 16.8 Å². The van der Waals surface area contributed by atoms with E-state index in [0.29, 0.717) is 28.6 Å². The molecule has 3 aromatic rings. The summed E-state index contributed by atoms with van der Waals surface area (Å²) in [6.45, 7) is 0. The third-order valence-electron chi connectivity index (χ3n) is 4.40. The molecule has 0 aliphatic carbocycles. The smallest absolute Gasteiger partial charge is 0.276 e. The number of hydrogen-bond donors (Lipinski definition) is 1. The normalized spacial score (nSPS) is 18.5. The van der Waals surface area contributed by atoms with E-state index in [9.17, 15) is 13.2 Å². The molecular weight excluding hydrogens is 390 g/mol. The molecule has 1 saturated heterocycles. The number of furan rings is 1. The van der Waals surface area contributed by atoms with Crippen molar-refractivity contribution in [3.63, 3.8) is 0 Å². The lowest BCUT2D eigenvalue weighted by Crippen LogP contribution is -2.16. The first-order valence-corrected chi connectivity index (χ1v) is 10.5. The Kier molecular flexibility index (Phi) is 4.53. The SMILES string of the molecule is O=C(Nc1ccc(Cl)cc1)c1cc(-c2ccco2)n(C2CCS(=O)(=O)C2)n1. The van der Waals surface area contributed by atoms with Crippen molar-refractivity contribution in [3.05, 3.63) is 59.4 Å². The quantitative estimate of drug-likeness (QED) is 0.717. The van der Waals surface area contributed by atoms with Crippen molar-refractivity contribution in [2.45, 2.75) is 12.5 Å². The van der Waals surface area contributed by atoms with Gasteiger partial charge in [0.15, 0.2) is 21.3 Å². The number of nitrogens with zero attached hydrogens (tertiary/aromatic N) is 2. The zero-order valence-electron chi connectivity index (χ0n) is 14.1. The van der Waals surface area contributed by atoms with Gasteiger partial charge in [-0.2, -0.15) is 5.10 Å². The van der Waals surface area contributed by atoms with Gasteiger partial charge in [-0.3, -0.25) is 9.48 Å². The van der Waals surface area contributed by atoms with Gasteiger partial charge in [0.2, 0.25) is 0 Å². The monoisotopic (exact) mass is 405 g/mol. The number of amides is 1. The number of aromatic nitrogens is 2. The highest BCUT2D eigenvalue weighted by Crippen LogP contribution is 2.30. The van der Waals surface area contributed by atoms with E-state index < -0.39 is 15.7 Å². The van der Waals surface area contributed by atoms with Crippen LogP contribution in [0, 0.1) is 0 Å². The molecule has 9 heteroatoms. The van der Waals surface area contributed by atoms with E-state index in [1.54, 1.807) is 47.1 Å². The average molecular weight is 406 g/mol. The molecule has 7 nitrogen and oxygen atoms in total. The molecular formula is C18H16ClN3O4S. The Bertz CT molecular complexity index is 1070. The van der Waals surface area contributed by atoms with Crippen molar-refractivity contribution >= 4 is 33.0 Å². The first kappa shape index (κ1) is 17.8. The lowest BCUT2D eigenvalue weighted by Gasteiger charge is -2.11. The molecule has 1 aromatic carbocycles. The summed E-state index contributed by atoms with van der Waals surface area (Å²) in [6, 6.07) is 11.5. The number of nitrogens with one attached hydrogen (secondary N) is 1. The number of sulfone groups is 1. The van der Waals surface area contributed by atoms with Gasteiger partial charge < -0.3 is 9.73 Å². The van der Waals surface area contributed by atoms with Crippen molar-refractivity contribution in [2.75, 3.05) is 16.8 Å². The molecule has 1 atom stereocenters. The largest absolute Gasteiger partial charge is 0.463 e. The van der Waals surface area contributed by atoms with Crippen LogP contribution in [-0.4, -0.2) is 35.6 Å². The van der Waals surface area contributed by atoms with E-state index in [1.807, 2.05) is 0 Å². The fourth-order valence-corrected chi connectivity index (χ4v) is 4.91. The molecule has 140 valence electrons. The van der Waals surface area contributed by atoms with Crippen LogP contribution in [0.2, 0.25) is 5.02 Å². The number of benzene rings is 1.